The normalized spacial score (nSPS) is 25.5. The summed E-state index contributed by atoms with van der Waals surface area (Å²) in [6.45, 7) is 22.0. The molecular formula is C29H44ClFN4O3Si. The van der Waals surface area contributed by atoms with Crippen molar-refractivity contribution in [3.05, 3.63) is 22.4 Å². The molecule has 10 heteroatoms. The van der Waals surface area contributed by atoms with Gasteiger partial charge in [-0.05, 0) is 69.5 Å². The third-order valence-electron chi connectivity index (χ3n) is 9.09. The van der Waals surface area contributed by atoms with Crippen molar-refractivity contribution >= 4 is 36.9 Å². The van der Waals surface area contributed by atoms with Gasteiger partial charge in [0.15, 0.2) is 19.3 Å². The molecule has 5 rings (SSSR count). The van der Waals surface area contributed by atoms with Crippen LogP contribution in [0.3, 0.4) is 0 Å². The molecule has 1 amide bonds. The summed E-state index contributed by atoms with van der Waals surface area (Å²) >= 11 is 6.29. The topological polar surface area (TPSA) is 69.5 Å². The van der Waals surface area contributed by atoms with Gasteiger partial charge in [0.2, 0.25) is 0 Å². The zero-order valence-electron chi connectivity index (χ0n) is 25.1. The van der Waals surface area contributed by atoms with Crippen molar-refractivity contribution in [1.29, 1.82) is 0 Å². The molecule has 2 saturated carbocycles. The summed E-state index contributed by atoms with van der Waals surface area (Å²) in [5.41, 5.74) is 1.60. The lowest BCUT2D eigenvalue weighted by Gasteiger charge is -2.39. The minimum absolute atomic E-state index is 0.0541. The Morgan fingerprint density at radius 2 is 1.82 bits per heavy atom. The van der Waals surface area contributed by atoms with Gasteiger partial charge in [-0.1, -0.05) is 46.2 Å². The van der Waals surface area contributed by atoms with Crippen LogP contribution in [0.4, 0.5) is 9.18 Å². The first kappa shape index (κ1) is 28.8. The number of nitrogens with zero attached hydrogens (tertiary/aromatic N) is 4. The standard InChI is InChI=1S/C29H44ClFN4O3Si/c1-15(2)23-21-24(33-35(16-11-12-16)25(21)22(31)26(30)32-23)20-17-13-34(27(36)38-28(3,4)5)18(19(17)20)14-37-39(9,10)29(6,7)8/h15-20H,11-14H2,1-10H3/t17-,18+,19-,20+/m0/s1. The fraction of sp³-hybridized carbons (Fsp3) is 0.759. The van der Waals surface area contributed by atoms with E-state index < -0.39 is 19.7 Å². The van der Waals surface area contributed by atoms with Gasteiger partial charge in [0.25, 0.3) is 0 Å². The van der Waals surface area contributed by atoms with Crippen LogP contribution in [0.25, 0.3) is 10.9 Å². The molecule has 4 atom stereocenters. The molecular weight excluding hydrogens is 535 g/mol. The quantitative estimate of drug-likeness (QED) is 0.260. The molecule has 0 bridgehead atoms. The largest absolute Gasteiger partial charge is 0.444 e. The molecule has 0 aromatic carbocycles. The Labute approximate surface area is 237 Å². The number of amides is 1. The Hall–Kier alpha value is -1.71. The van der Waals surface area contributed by atoms with Crippen LogP contribution in [0.15, 0.2) is 0 Å². The van der Waals surface area contributed by atoms with Crippen LogP contribution in [0, 0.1) is 17.7 Å². The zero-order chi connectivity index (χ0) is 28.8. The van der Waals surface area contributed by atoms with Gasteiger partial charge in [0, 0.05) is 17.8 Å². The molecule has 0 spiro atoms. The van der Waals surface area contributed by atoms with E-state index in [1.54, 1.807) is 0 Å². The molecule has 2 aromatic rings. The van der Waals surface area contributed by atoms with E-state index in [9.17, 15) is 4.79 Å². The Bertz CT molecular complexity index is 1290. The summed E-state index contributed by atoms with van der Waals surface area (Å²) in [5, 5.41) is 5.84. The summed E-state index contributed by atoms with van der Waals surface area (Å²) in [4.78, 5) is 19.7. The van der Waals surface area contributed by atoms with Gasteiger partial charge in [-0.25, -0.2) is 14.2 Å². The molecule has 1 saturated heterocycles. The van der Waals surface area contributed by atoms with Gasteiger partial charge in [0.05, 0.1) is 30.1 Å². The molecule has 216 valence electrons. The summed E-state index contributed by atoms with van der Waals surface area (Å²) in [5.74, 6) is 0.0809. The highest BCUT2D eigenvalue weighted by atomic mass is 35.5. The van der Waals surface area contributed by atoms with E-state index in [0.29, 0.717) is 18.7 Å². The second kappa shape index (κ2) is 9.41. The molecule has 3 heterocycles. The van der Waals surface area contributed by atoms with Crippen LogP contribution in [-0.4, -0.2) is 58.9 Å². The Balaban J connectivity index is 1.53. The lowest BCUT2D eigenvalue weighted by molar-refractivity contribution is 0.0134. The minimum Gasteiger partial charge on any atom is -0.444 e. The average molecular weight is 579 g/mol. The number of hydrogen-bond donors (Lipinski definition) is 0. The number of ether oxygens (including phenoxy) is 1. The monoisotopic (exact) mass is 578 g/mol. The summed E-state index contributed by atoms with van der Waals surface area (Å²) in [6.07, 6.45) is 1.67. The van der Waals surface area contributed by atoms with Crippen molar-refractivity contribution in [2.24, 2.45) is 11.8 Å². The van der Waals surface area contributed by atoms with Crippen molar-refractivity contribution < 1.29 is 18.3 Å². The zero-order valence-corrected chi connectivity index (χ0v) is 26.8. The highest BCUT2D eigenvalue weighted by Gasteiger charge is 2.65. The van der Waals surface area contributed by atoms with Crippen LogP contribution in [0.5, 0.6) is 0 Å². The number of carbonyl (C=O) groups excluding carboxylic acids is 1. The molecule has 39 heavy (non-hydrogen) atoms. The van der Waals surface area contributed by atoms with Crippen LogP contribution < -0.4 is 0 Å². The molecule has 0 unspecified atom stereocenters. The molecule has 2 aromatic heterocycles. The third kappa shape index (κ3) is 5.12. The molecule has 0 N–H and O–H groups in total. The third-order valence-corrected chi connectivity index (χ3v) is 13.8. The maximum atomic E-state index is 15.5. The molecule has 7 nitrogen and oxygen atoms in total. The maximum absolute atomic E-state index is 15.5. The second-order valence-corrected chi connectivity index (χ2v) is 19.7. The number of halogens is 2. The Kier molecular flexibility index (Phi) is 6.95. The maximum Gasteiger partial charge on any atom is 0.410 e. The van der Waals surface area contributed by atoms with Gasteiger partial charge in [-0.3, -0.25) is 4.68 Å². The number of piperidine rings is 1. The van der Waals surface area contributed by atoms with E-state index >= 15 is 4.39 Å². The van der Waals surface area contributed by atoms with Gasteiger partial charge >= 0.3 is 6.09 Å². The molecule has 3 fully saturated rings. The average Bonchev–Trinajstić information content (AvgIpc) is 3.69. The van der Waals surface area contributed by atoms with Crippen molar-refractivity contribution in [1.82, 2.24) is 19.7 Å². The van der Waals surface area contributed by atoms with Crippen LogP contribution >= 0.6 is 11.6 Å². The Morgan fingerprint density at radius 3 is 2.36 bits per heavy atom. The van der Waals surface area contributed by atoms with E-state index in [4.69, 9.17) is 25.9 Å². The fourth-order valence-corrected chi connectivity index (χ4v) is 7.02. The number of carbonyl (C=O) groups is 1. The number of hydrogen-bond acceptors (Lipinski definition) is 5. The van der Waals surface area contributed by atoms with E-state index in [-0.39, 0.29) is 52.0 Å². The first-order valence-electron chi connectivity index (χ1n) is 14.3. The van der Waals surface area contributed by atoms with Gasteiger partial charge in [0.1, 0.15) is 11.1 Å². The van der Waals surface area contributed by atoms with Gasteiger partial charge in [-0.15, -0.1) is 0 Å². The van der Waals surface area contributed by atoms with Gasteiger partial charge in [-0.2, -0.15) is 5.10 Å². The first-order valence-corrected chi connectivity index (χ1v) is 17.6. The predicted molar refractivity (Wildman–Crippen MR) is 154 cm³/mol. The second-order valence-electron chi connectivity index (χ2n) is 14.6. The molecule has 1 aliphatic heterocycles. The van der Waals surface area contributed by atoms with E-state index in [0.717, 1.165) is 29.6 Å². The summed E-state index contributed by atoms with van der Waals surface area (Å²) < 4.78 is 29.8. The molecule has 0 radical (unpaired) electrons. The lowest BCUT2D eigenvalue weighted by Crippen LogP contribution is -2.48. The van der Waals surface area contributed by atoms with Crippen LogP contribution in [0.2, 0.25) is 23.3 Å². The highest BCUT2D eigenvalue weighted by molar-refractivity contribution is 6.74. The first-order chi connectivity index (χ1) is 17.9. The number of aromatic nitrogens is 3. The van der Waals surface area contributed by atoms with Crippen molar-refractivity contribution in [3.8, 4) is 0 Å². The minimum atomic E-state index is -2.05. The lowest BCUT2D eigenvalue weighted by atomic mass is 10.00. The Morgan fingerprint density at radius 1 is 1.18 bits per heavy atom. The van der Waals surface area contributed by atoms with Crippen molar-refractivity contribution in [2.45, 2.75) is 116 Å². The smallest absolute Gasteiger partial charge is 0.410 e. The fourth-order valence-electron chi connectivity index (χ4n) is 5.82. The van der Waals surface area contributed by atoms with E-state index in [1.165, 1.54) is 0 Å². The molecule has 3 aliphatic rings. The van der Waals surface area contributed by atoms with Crippen LogP contribution in [0.1, 0.15) is 97.5 Å². The number of fused-ring (bicyclic) bond motifs is 2. The van der Waals surface area contributed by atoms with Crippen LogP contribution in [-0.2, 0) is 9.16 Å². The summed E-state index contributed by atoms with van der Waals surface area (Å²) in [6, 6.07) is 0.0708. The van der Waals surface area contributed by atoms with Gasteiger partial charge < -0.3 is 14.1 Å². The van der Waals surface area contributed by atoms with Crippen molar-refractivity contribution in [2.75, 3.05) is 13.2 Å². The SMILES string of the molecule is CC(C)c1nc(Cl)c(F)c2c1c([C@@H]1[C@H]3CN(C(=O)OC(C)(C)C)[C@H](CO[Si](C)(C)C(C)(C)C)[C@H]31)nn2C1CC1. The predicted octanol–water partition coefficient (Wildman–Crippen LogP) is 7.65. The van der Waals surface area contributed by atoms with Crippen molar-refractivity contribution in [3.63, 3.8) is 0 Å². The highest BCUT2D eigenvalue weighted by Crippen LogP contribution is 2.63. The number of rotatable bonds is 6. The number of pyridine rings is 1. The van der Waals surface area contributed by atoms with E-state index in [1.807, 2.05) is 30.4 Å². The van der Waals surface area contributed by atoms with E-state index in [2.05, 4.69) is 52.7 Å². The summed E-state index contributed by atoms with van der Waals surface area (Å²) in [7, 11) is -2.05. The molecule has 2 aliphatic carbocycles. The number of likely N-dealkylation sites (tertiary alicyclic amines) is 1.